The predicted molar refractivity (Wildman–Crippen MR) is 113 cm³/mol. The average molecular weight is 385 g/mol. The number of aryl methyl sites for hydroxylation is 1. The number of amides is 1. The van der Waals surface area contributed by atoms with Crippen molar-refractivity contribution in [1.82, 2.24) is 0 Å². The molecule has 0 heterocycles. The third-order valence-corrected chi connectivity index (χ3v) is 4.93. The molecule has 4 rings (SSSR count). The van der Waals surface area contributed by atoms with E-state index in [2.05, 4.69) is 10.6 Å². The van der Waals surface area contributed by atoms with E-state index < -0.39 is 0 Å². The minimum absolute atomic E-state index is 0.156. The maximum Gasteiger partial charge on any atom is 0.221 e. The Hall–Kier alpha value is -3.93. The Bertz CT molecular complexity index is 1180. The van der Waals surface area contributed by atoms with Crippen molar-refractivity contribution in [3.05, 3.63) is 82.4 Å². The number of rotatable bonds is 3. The largest absolute Gasteiger partial charge is 0.398 e. The highest BCUT2D eigenvalue weighted by molar-refractivity contribution is 6.32. The van der Waals surface area contributed by atoms with Crippen LogP contribution in [0.25, 0.3) is 0 Å². The summed E-state index contributed by atoms with van der Waals surface area (Å²) in [6.45, 7) is 3.25. The summed E-state index contributed by atoms with van der Waals surface area (Å²) in [4.78, 5) is 37.5. The van der Waals surface area contributed by atoms with Crippen molar-refractivity contribution < 1.29 is 14.4 Å². The molecule has 6 heteroatoms. The Kier molecular flexibility index (Phi) is 4.39. The zero-order valence-corrected chi connectivity index (χ0v) is 16.0. The number of fused-ring (bicyclic) bond motifs is 2. The van der Waals surface area contributed by atoms with Crippen LogP contribution in [0.15, 0.2) is 54.6 Å². The van der Waals surface area contributed by atoms with Crippen LogP contribution < -0.4 is 16.4 Å². The van der Waals surface area contributed by atoms with E-state index in [0.29, 0.717) is 39.4 Å². The second-order valence-corrected chi connectivity index (χ2v) is 6.99. The molecule has 0 radical (unpaired) electrons. The van der Waals surface area contributed by atoms with Gasteiger partial charge in [-0.15, -0.1) is 0 Å². The number of hydrogen-bond acceptors (Lipinski definition) is 5. The normalized spacial score (nSPS) is 12.2. The molecule has 0 aromatic heterocycles. The van der Waals surface area contributed by atoms with E-state index in [1.165, 1.54) is 6.92 Å². The molecule has 6 nitrogen and oxygen atoms in total. The van der Waals surface area contributed by atoms with Crippen LogP contribution in [0.3, 0.4) is 0 Å². The van der Waals surface area contributed by atoms with Crippen LogP contribution in [0.2, 0.25) is 0 Å². The van der Waals surface area contributed by atoms with Gasteiger partial charge in [-0.25, -0.2) is 0 Å². The van der Waals surface area contributed by atoms with E-state index in [1.807, 2.05) is 0 Å². The van der Waals surface area contributed by atoms with Crippen molar-refractivity contribution in [1.29, 1.82) is 0 Å². The summed E-state index contributed by atoms with van der Waals surface area (Å²) >= 11 is 0. The zero-order chi connectivity index (χ0) is 20.7. The topological polar surface area (TPSA) is 101 Å². The summed E-state index contributed by atoms with van der Waals surface area (Å²) in [5.41, 5.74) is 10.4. The molecular formula is C23H19N3O3. The first-order valence-corrected chi connectivity index (χ1v) is 9.13. The molecule has 0 aliphatic heterocycles. The number of benzene rings is 3. The number of carbonyl (C=O) groups is 3. The fourth-order valence-corrected chi connectivity index (χ4v) is 3.55. The van der Waals surface area contributed by atoms with Gasteiger partial charge >= 0.3 is 0 Å². The highest BCUT2D eigenvalue weighted by Gasteiger charge is 2.34. The fourth-order valence-electron chi connectivity index (χ4n) is 3.55. The number of carbonyl (C=O) groups excluding carboxylic acids is 3. The highest BCUT2D eigenvalue weighted by atomic mass is 16.1. The first-order chi connectivity index (χ1) is 13.9. The van der Waals surface area contributed by atoms with Crippen LogP contribution in [0, 0.1) is 6.92 Å². The minimum Gasteiger partial charge on any atom is -0.398 e. The molecule has 0 fully saturated rings. The molecule has 0 atom stereocenters. The quantitative estimate of drug-likeness (QED) is 0.462. The molecule has 0 spiro atoms. The van der Waals surface area contributed by atoms with Crippen molar-refractivity contribution >= 4 is 40.2 Å². The lowest BCUT2D eigenvalue weighted by Crippen LogP contribution is -2.24. The summed E-state index contributed by atoms with van der Waals surface area (Å²) in [7, 11) is 0. The molecule has 144 valence electrons. The Morgan fingerprint density at radius 2 is 1.41 bits per heavy atom. The molecule has 3 aromatic rings. The Morgan fingerprint density at radius 1 is 0.862 bits per heavy atom. The molecule has 1 aliphatic carbocycles. The lowest BCUT2D eigenvalue weighted by atomic mass is 9.81. The van der Waals surface area contributed by atoms with Gasteiger partial charge in [-0.3, -0.25) is 14.4 Å². The summed E-state index contributed by atoms with van der Waals surface area (Å²) in [6, 6.07) is 15.6. The molecule has 0 saturated carbocycles. The standard InChI is InChI=1S/C23H19N3O3/c1-12-11-18(26-15-9-7-14(8-10-15)25-13(2)27)19-20(21(12)24)23(29)17-6-4-3-5-16(17)22(19)28/h3-11,26H,24H2,1-2H3,(H,25,27). The molecule has 0 unspecified atom stereocenters. The van der Waals surface area contributed by atoms with Crippen molar-refractivity contribution in [2.75, 3.05) is 16.4 Å². The monoisotopic (exact) mass is 385 g/mol. The van der Waals surface area contributed by atoms with Crippen molar-refractivity contribution in [3.8, 4) is 0 Å². The van der Waals surface area contributed by atoms with E-state index in [0.717, 1.165) is 0 Å². The second-order valence-electron chi connectivity index (χ2n) is 6.99. The summed E-state index contributed by atoms with van der Waals surface area (Å²) < 4.78 is 0. The van der Waals surface area contributed by atoms with Gasteiger partial charge in [0.2, 0.25) is 5.91 Å². The maximum absolute atomic E-state index is 13.2. The van der Waals surface area contributed by atoms with Crippen molar-refractivity contribution in [2.45, 2.75) is 13.8 Å². The van der Waals surface area contributed by atoms with Gasteiger partial charge in [0.15, 0.2) is 11.6 Å². The fraction of sp³-hybridized carbons (Fsp3) is 0.0870. The number of hydrogen-bond donors (Lipinski definition) is 3. The number of anilines is 4. The van der Waals surface area contributed by atoms with Crippen molar-refractivity contribution in [2.24, 2.45) is 0 Å². The van der Waals surface area contributed by atoms with Gasteiger partial charge in [0.1, 0.15) is 0 Å². The van der Waals surface area contributed by atoms with E-state index in [9.17, 15) is 14.4 Å². The van der Waals surface area contributed by atoms with Crippen LogP contribution in [-0.2, 0) is 4.79 Å². The maximum atomic E-state index is 13.2. The summed E-state index contributed by atoms with van der Waals surface area (Å²) in [6.07, 6.45) is 0. The molecule has 1 aliphatic rings. The van der Waals surface area contributed by atoms with Crippen LogP contribution in [-0.4, -0.2) is 17.5 Å². The van der Waals surface area contributed by atoms with Gasteiger partial charge in [0.25, 0.3) is 0 Å². The average Bonchev–Trinajstić information content (AvgIpc) is 2.70. The van der Waals surface area contributed by atoms with Gasteiger partial charge in [-0.2, -0.15) is 0 Å². The molecular weight excluding hydrogens is 366 g/mol. The molecule has 0 saturated heterocycles. The predicted octanol–water partition coefficient (Wildman–Crippen LogP) is 4.05. The zero-order valence-electron chi connectivity index (χ0n) is 16.0. The van der Waals surface area contributed by atoms with Crippen LogP contribution in [0.1, 0.15) is 44.3 Å². The Morgan fingerprint density at radius 3 is 2.00 bits per heavy atom. The smallest absolute Gasteiger partial charge is 0.221 e. The van der Waals surface area contributed by atoms with Gasteiger partial charge in [-0.1, -0.05) is 24.3 Å². The van der Waals surface area contributed by atoms with Gasteiger partial charge in [0.05, 0.1) is 16.8 Å². The number of nitrogen functional groups attached to an aromatic ring is 1. The summed E-state index contributed by atoms with van der Waals surface area (Å²) in [5, 5.41) is 5.93. The second kappa shape index (κ2) is 6.91. The first-order valence-electron chi connectivity index (χ1n) is 9.13. The highest BCUT2D eigenvalue weighted by Crippen LogP contribution is 2.38. The van der Waals surface area contributed by atoms with Crippen LogP contribution in [0.5, 0.6) is 0 Å². The summed E-state index contributed by atoms with van der Waals surface area (Å²) in [5.74, 6) is -0.642. The first kappa shape index (κ1) is 18.4. The third kappa shape index (κ3) is 3.14. The lowest BCUT2D eigenvalue weighted by Gasteiger charge is -2.23. The Balaban J connectivity index is 1.80. The third-order valence-electron chi connectivity index (χ3n) is 4.93. The van der Waals surface area contributed by atoms with Crippen molar-refractivity contribution in [3.63, 3.8) is 0 Å². The number of nitrogens with two attached hydrogens (primary N) is 1. The van der Waals surface area contributed by atoms with Gasteiger partial charge < -0.3 is 16.4 Å². The molecule has 4 N–H and O–H groups in total. The molecule has 3 aromatic carbocycles. The van der Waals surface area contributed by atoms with Gasteiger partial charge in [0, 0.05) is 35.1 Å². The lowest BCUT2D eigenvalue weighted by molar-refractivity contribution is -0.114. The number of ketones is 2. The SMILES string of the molecule is CC(=O)Nc1ccc(Nc2cc(C)c(N)c3c2C(=O)c2ccccc2C3=O)cc1. The molecule has 0 bridgehead atoms. The molecule has 1 amide bonds. The van der Waals surface area contributed by atoms with Crippen LogP contribution in [0.4, 0.5) is 22.7 Å². The van der Waals surface area contributed by atoms with Gasteiger partial charge in [-0.05, 0) is 42.8 Å². The Labute approximate surface area is 167 Å². The minimum atomic E-state index is -0.250. The number of nitrogens with one attached hydrogen (secondary N) is 2. The van der Waals surface area contributed by atoms with E-state index in [4.69, 9.17) is 5.73 Å². The van der Waals surface area contributed by atoms with E-state index in [-0.39, 0.29) is 28.6 Å². The van der Waals surface area contributed by atoms with E-state index in [1.54, 1.807) is 61.5 Å². The van der Waals surface area contributed by atoms with E-state index >= 15 is 0 Å². The molecule has 29 heavy (non-hydrogen) atoms. The van der Waals surface area contributed by atoms with Crippen LogP contribution >= 0.6 is 0 Å².